The molecule has 3 amide bonds. The van der Waals surface area contributed by atoms with Gasteiger partial charge in [0.25, 0.3) is 5.91 Å². The molecule has 34 heavy (non-hydrogen) atoms. The number of hydrogen-bond donors (Lipinski definition) is 2. The molecule has 0 spiro atoms. The monoisotopic (exact) mass is 467 g/mol. The standard InChI is InChI=1S/C26H33N3O5/c1-17-8-6-7-9-21(17)23(24(31)28-18-10-14-20(33-5)15-11-18)29(19-12-13-19)22(30)16-27-25(32)34-26(2,3)4/h6-11,14-15,19,23H,12-13,16H2,1-5H3,(H,27,32)(H,28,31). The molecule has 182 valence electrons. The summed E-state index contributed by atoms with van der Waals surface area (Å²) in [4.78, 5) is 40.6. The maximum atomic E-state index is 13.6. The third kappa shape index (κ3) is 6.73. The van der Waals surface area contributed by atoms with Crippen LogP contribution in [0.4, 0.5) is 10.5 Å². The number of aryl methyl sites for hydroxylation is 1. The summed E-state index contributed by atoms with van der Waals surface area (Å²) in [5.41, 5.74) is 1.56. The number of carbonyl (C=O) groups excluding carboxylic acids is 3. The number of amides is 3. The molecule has 2 aromatic carbocycles. The summed E-state index contributed by atoms with van der Waals surface area (Å²) >= 11 is 0. The lowest BCUT2D eigenvalue weighted by molar-refractivity contribution is -0.139. The minimum absolute atomic E-state index is 0.0702. The second-order valence-corrected chi connectivity index (χ2v) is 9.36. The fourth-order valence-electron chi connectivity index (χ4n) is 3.66. The van der Waals surface area contributed by atoms with Crippen LogP contribution in [-0.4, -0.2) is 48.1 Å². The van der Waals surface area contributed by atoms with Crippen molar-refractivity contribution in [2.75, 3.05) is 19.0 Å². The zero-order valence-electron chi connectivity index (χ0n) is 20.4. The van der Waals surface area contributed by atoms with Gasteiger partial charge in [-0.25, -0.2) is 4.79 Å². The van der Waals surface area contributed by atoms with Crippen LogP contribution in [0.5, 0.6) is 5.75 Å². The Labute approximate surface area is 200 Å². The van der Waals surface area contributed by atoms with Crippen LogP contribution < -0.4 is 15.4 Å². The number of anilines is 1. The van der Waals surface area contributed by atoms with Crippen LogP contribution in [0.25, 0.3) is 0 Å². The van der Waals surface area contributed by atoms with Gasteiger partial charge in [-0.3, -0.25) is 9.59 Å². The van der Waals surface area contributed by atoms with Gasteiger partial charge in [-0.1, -0.05) is 24.3 Å². The van der Waals surface area contributed by atoms with Gasteiger partial charge in [0, 0.05) is 11.7 Å². The van der Waals surface area contributed by atoms with Gasteiger partial charge in [0.2, 0.25) is 5.91 Å². The molecular formula is C26H33N3O5. The smallest absolute Gasteiger partial charge is 0.408 e. The van der Waals surface area contributed by atoms with E-state index in [9.17, 15) is 14.4 Å². The van der Waals surface area contributed by atoms with Crippen molar-refractivity contribution in [2.24, 2.45) is 0 Å². The number of nitrogens with one attached hydrogen (secondary N) is 2. The predicted octanol–water partition coefficient (Wildman–Crippen LogP) is 4.20. The lowest BCUT2D eigenvalue weighted by Gasteiger charge is -2.32. The summed E-state index contributed by atoms with van der Waals surface area (Å²) < 4.78 is 10.4. The molecule has 1 unspecified atom stereocenters. The zero-order chi connectivity index (χ0) is 24.9. The van der Waals surface area contributed by atoms with Crippen molar-refractivity contribution in [3.05, 3.63) is 59.7 Å². The fraction of sp³-hybridized carbons (Fsp3) is 0.423. The molecule has 3 rings (SSSR count). The van der Waals surface area contributed by atoms with E-state index >= 15 is 0 Å². The third-order valence-electron chi connectivity index (χ3n) is 5.38. The summed E-state index contributed by atoms with van der Waals surface area (Å²) in [6, 6.07) is 13.6. The highest BCUT2D eigenvalue weighted by molar-refractivity contribution is 5.98. The quantitative estimate of drug-likeness (QED) is 0.607. The van der Waals surface area contributed by atoms with Gasteiger partial charge in [0.1, 0.15) is 23.9 Å². The molecule has 8 heteroatoms. The first-order valence-electron chi connectivity index (χ1n) is 11.4. The number of hydrogen-bond acceptors (Lipinski definition) is 5. The van der Waals surface area contributed by atoms with Gasteiger partial charge in [-0.2, -0.15) is 0 Å². The van der Waals surface area contributed by atoms with Crippen LogP contribution in [0, 0.1) is 6.92 Å². The number of ether oxygens (including phenoxy) is 2. The van der Waals surface area contributed by atoms with Gasteiger partial charge in [-0.05, 0) is 75.9 Å². The van der Waals surface area contributed by atoms with E-state index in [0.29, 0.717) is 11.4 Å². The molecular weight excluding hydrogens is 434 g/mol. The van der Waals surface area contributed by atoms with Crippen LogP contribution in [0.1, 0.15) is 50.8 Å². The van der Waals surface area contributed by atoms with Crippen molar-refractivity contribution in [1.29, 1.82) is 0 Å². The van der Waals surface area contributed by atoms with Crippen molar-refractivity contribution in [3.63, 3.8) is 0 Å². The maximum Gasteiger partial charge on any atom is 0.408 e. The summed E-state index contributed by atoms with van der Waals surface area (Å²) in [7, 11) is 1.58. The highest BCUT2D eigenvalue weighted by Crippen LogP contribution is 2.36. The van der Waals surface area contributed by atoms with Crippen molar-refractivity contribution >= 4 is 23.6 Å². The van der Waals surface area contributed by atoms with E-state index in [1.807, 2.05) is 31.2 Å². The summed E-state index contributed by atoms with van der Waals surface area (Å²) in [6.07, 6.45) is 0.930. The summed E-state index contributed by atoms with van der Waals surface area (Å²) in [6.45, 7) is 6.91. The predicted molar refractivity (Wildman–Crippen MR) is 130 cm³/mol. The normalized spacial score (nSPS) is 14.0. The minimum Gasteiger partial charge on any atom is -0.497 e. The average Bonchev–Trinajstić information content (AvgIpc) is 3.61. The van der Waals surface area contributed by atoms with Gasteiger partial charge in [0.05, 0.1) is 7.11 Å². The van der Waals surface area contributed by atoms with E-state index in [2.05, 4.69) is 10.6 Å². The van der Waals surface area contributed by atoms with E-state index in [1.54, 1.807) is 57.0 Å². The Morgan fingerprint density at radius 3 is 2.26 bits per heavy atom. The number of methoxy groups -OCH3 is 1. The van der Waals surface area contributed by atoms with E-state index in [-0.39, 0.29) is 24.4 Å². The van der Waals surface area contributed by atoms with E-state index in [1.165, 1.54) is 0 Å². The molecule has 1 fully saturated rings. The summed E-state index contributed by atoms with van der Waals surface area (Å²) in [5, 5.41) is 5.46. The van der Waals surface area contributed by atoms with Crippen molar-refractivity contribution in [2.45, 2.75) is 58.2 Å². The fourth-order valence-corrected chi connectivity index (χ4v) is 3.66. The summed E-state index contributed by atoms with van der Waals surface area (Å²) in [5.74, 6) is 0.0138. The van der Waals surface area contributed by atoms with E-state index in [0.717, 1.165) is 24.0 Å². The van der Waals surface area contributed by atoms with Gasteiger partial charge >= 0.3 is 6.09 Å². The van der Waals surface area contributed by atoms with Crippen LogP contribution in [0.15, 0.2) is 48.5 Å². The molecule has 0 heterocycles. The molecule has 0 aliphatic heterocycles. The third-order valence-corrected chi connectivity index (χ3v) is 5.38. The first kappa shape index (κ1) is 25.1. The van der Waals surface area contributed by atoms with Crippen LogP contribution in [0.2, 0.25) is 0 Å². The van der Waals surface area contributed by atoms with Crippen LogP contribution in [-0.2, 0) is 14.3 Å². The Balaban J connectivity index is 1.85. The van der Waals surface area contributed by atoms with E-state index < -0.39 is 17.7 Å². The Morgan fingerprint density at radius 1 is 1.06 bits per heavy atom. The largest absolute Gasteiger partial charge is 0.497 e. The Kier molecular flexibility index (Phi) is 7.81. The second-order valence-electron chi connectivity index (χ2n) is 9.36. The van der Waals surface area contributed by atoms with Crippen LogP contribution in [0.3, 0.4) is 0 Å². The topological polar surface area (TPSA) is 97.0 Å². The highest BCUT2D eigenvalue weighted by atomic mass is 16.6. The van der Waals surface area contributed by atoms with Gasteiger partial charge < -0.3 is 25.0 Å². The molecule has 0 bridgehead atoms. The molecule has 1 aliphatic rings. The second kappa shape index (κ2) is 10.6. The average molecular weight is 468 g/mol. The van der Waals surface area contributed by atoms with Crippen molar-refractivity contribution in [3.8, 4) is 5.75 Å². The zero-order valence-corrected chi connectivity index (χ0v) is 20.4. The number of alkyl carbamates (subject to hydrolysis) is 1. The number of rotatable bonds is 8. The lowest BCUT2D eigenvalue weighted by Crippen LogP contribution is -2.47. The number of benzene rings is 2. The molecule has 0 saturated heterocycles. The molecule has 0 radical (unpaired) electrons. The number of carbonyl (C=O) groups is 3. The van der Waals surface area contributed by atoms with Crippen molar-refractivity contribution < 1.29 is 23.9 Å². The number of nitrogens with zero attached hydrogens (tertiary/aromatic N) is 1. The first-order valence-corrected chi connectivity index (χ1v) is 11.4. The maximum absolute atomic E-state index is 13.6. The van der Waals surface area contributed by atoms with Crippen LogP contribution >= 0.6 is 0 Å². The molecule has 2 aromatic rings. The molecule has 8 nitrogen and oxygen atoms in total. The molecule has 1 atom stereocenters. The molecule has 1 aliphatic carbocycles. The van der Waals surface area contributed by atoms with Gasteiger partial charge in [0.15, 0.2) is 0 Å². The Hall–Kier alpha value is -3.55. The SMILES string of the molecule is COc1ccc(NC(=O)C(c2ccccc2C)N(C(=O)CNC(=O)OC(C)(C)C)C2CC2)cc1. The van der Waals surface area contributed by atoms with Crippen molar-refractivity contribution in [1.82, 2.24) is 10.2 Å². The highest BCUT2D eigenvalue weighted by Gasteiger charge is 2.41. The lowest BCUT2D eigenvalue weighted by atomic mass is 9.98. The molecule has 1 saturated carbocycles. The molecule has 0 aromatic heterocycles. The van der Waals surface area contributed by atoms with Gasteiger partial charge in [-0.15, -0.1) is 0 Å². The first-order chi connectivity index (χ1) is 16.1. The molecule has 2 N–H and O–H groups in total. The Bertz CT molecular complexity index is 1030. The minimum atomic E-state index is -0.844. The van der Waals surface area contributed by atoms with E-state index in [4.69, 9.17) is 9.47 Å². The Morgan fingerprint density at radius 2 is 1.71 bits per heavy atom.